The summed E-state index contributed by atoms with van der Waals surface area (Å²) in [5.74, 6) is -0.825. The van der Waals surface area contributed by atoms with E-state index in [0.717, 1.165) is 12.1 Å². The molecule has 0 aromatic carbocycles. The van der Waals surface area contributed by atoms with E-state index < -0.39 is 11.5 Å². The van der Waals surface area contributed by atoms with Gasteiger partial charge in [0.25, 0.3) is 0 Å². The molecule has 0 bridgehead atoms. The lowest BCUT2D eigenvalue weighted by atomic mass is 9.97. The Morgan fingerprint density at radius 2 is 2.16 bits per heavy atom. The van der Waals surface area contributed by atoms with Crippen LogP contribution in [-0.4, -0.2) is 52.5 Å². The zero-order chi connectivity index (χ0) is 14.2. The first kappa shape index (κ1) is 14.0. The molecule has 0 spiro atoms. The lowest BCUT2D eigenvalue weighted by Gasteiger charge is -2.44. The van der Waals surface area contributed by atoms with Crippen molar-refractivity contribution in [3.05, 3.63) is 21.9 Å². The first-order chi connectivity index (χ1) is 8.84. The molecule has 2 rings (SSSR count). The van der Waals surface area contributed by atoms with Crippen LogP contribution in [0.1, 0.15) is 29.1 Å². The lowest BCUT2D eigenvalue weighted by molar-refractivity contribution is -0.147. The molecule has 0 saturated carbocycles. The molecule has 2 heterocycles. The molecule has 104 valence electrons. The number of amides is 1. The summed E-state index contributed by atoms with van der Waals surface area (Å²) < 4.78 is 0. The van der Waals surface area contributed by atoms with Crippen LogP contribution < -0.4 is 0 Å². The summed E-state index contributed by atoms with van der Waals surface area (Å²) in [4.78, 5) is 27.4. The van der Waals surface area contributed by atoms with Gasteiger partial charge in [0, 0.05) is 26.7 Å². The zero-order valence-electron chi connectivity index (χ0n) is 11.3. The number of carbonyl (C=O) groups excluding carboxylic acids is 1. The topological polar surface area (TPSA) is 60.9 Å². The summed E-state index contributed by atoms with van der Waals surface area (Å²) in [7, 11) is 1.80. The molecule has 1 saturated heterocycles. The average molecular weight is 282 g/mol. The summed E-state index contributed by atoms with van der Waals surface area (Å²) in [6.07, 6.45) is 0. The highest BCUT2D eigenvalue weighted by molar-refractivity contribution is 7.12. The summed E-state index contributed by atoms with van der Waals surface area (Å²) in [6, 6.07) is 1.83. The maximum atomic E-state index is 12.2. The number of rotatable bonds is 3. The Hall–Kier alpha value is -1.40. The van der Waals surface area contributed by atoms with Gasteiger partial charge < -0.3 is 10.0 Å². The molecule has 1 aliphatic rings. The molecule has 1 aliphatic heterocycles. The number of likely N-dealkylation sites (N-methyl/N-ethyl adjacent to an activating group) is 1. The van der Waals surface area contributed by atoms with Crippen molar-refractivity contribution < 1.29 is 14.7 Å². The van der Waals surface area contributed by atoms with Gasteiger partial charge in [-0.2, -0.15) is 0 Å². The van der Waals surface area contributed by atoms with E-state index in [0.29, 0.717) is 18.0 Å². The molecule has 0 aliphatic carbocycles. The summed E-state index contributed by atoms with van der Waals surface area (Å²) in [6.45, 7) is 5.70. The fourth-order valence-corrected chi connectivity index (χ4v) is 3.14. The van der Waals surface area contributed by atoms with Crippen LogP contribution >= 0.6 is 11.3 Å². The Bertz CT molecular complexity index is 510. The van der Waals surface area contributed by atoms with Crippen molar-refractivity contribution in [1.29, 1.82) is 0 Å². The van der Waals surface area contributed by atoms with Crippen LogP contribution in [0.5, 0.6) is 0 Å². The van der Waals surface area contributed by atoms with Crippen molar-refractivity contribution in [3.63, 3.8) is 0 Å². The van der Waals surface area contributed by atoms with Crippen LogP contribution in [-0.2, 0) is 11.3 Å². The van der Waals surface area contributed by atoms with Gasteiger partial charge in [-0.1, -0.05) is 0 Å². The van der Waals surface area contributed by atoms with Crippen molar-refractivity contribution in [2.75, 3.05) is 20.1 Å². The van der Waals surface area contributed by atoms with E-state index in [9.17, 15) is 9.59 Å². The predicted octanol–water partition coefficient (Wildman–Crippen LogP) is 1.50. The fourth-order valence-electron chi connectivity index (χ4n) is 2.38. The largest absolute Gasteiger partial charge is 0.477 e. The average Bonchev–Trinajstić information content (AvgIpc) is 2.79. The second-order valence-electron chi connectivity index (χ2n) is 5.29. The van der Waals surface area contributed by atoms with Gasteiger partial charge in [-0.15, -0.1) is 11.3 Å². The van der Waals surface area contributed by atoms with Gasteiger partial charge in [-0.25, -0.2) is 4.79 Å². The fraction of sp³-hybridized carbons (Fsp3) is 0.538. The molecular formula is C13H18N2O3S. The Balaban J connectivity index is 2.21. The van der Waals surface area contributed by atoms with Gasteiger partial charge in [-0.3, -0.25) is 9.69 Å². The van der Waals surface area contributed by atoms with Crippen molar-refractivity contribution in [2.24, 2.45) is 0 Å². The van der Waals surface area contributed by atoms with E-state index in [1.54, 1.807) is 17.3 Å². The predicted molar refractivity (Wildman–Crippen MR) is 73.4 cm³/mol. The summed E-state index contributed by atoms with van der Waals surface area (Å²) >= 11 is 1.23. The summed E-state index contributed by atoms with van der Waals surface area (Å²) in [5, 5.41) is 10.9. The minimum absolute atomic E-state index is 0.0749. The van der Waals surface area contributed by atoms with Crippen molar-refractivity contribution in [2.45, 2.75) is 25.9 Å². The van der Waals surface area contributed by atoms with Gasteiger partial charge in [0.15, 0.2) is 0 Å². The minimum atomic E-state index is -0.900. The molecule has 1 aromatic rings. The molecule has 1 N–H and O–H groups in total. The molecule has 1 fully saturated rings. The minimum Gasteiger partial charge on any atom is -0.477 e. The first-order valence-corrected chi connectivity index (χ1v) is 7.02. The van der Waals surface area contributed by atoms with Crippen LogP contribution in [0.15, 0.2) is 11.4 Å². The second-order valence-corrected chi connectivity index (χ2v) is 6.20. The van der Waals surface area contributed by atoms with Crippen LogP contribution in [0, 0.1) is 0 Å². The molecule has 0 unspecified atom stereocenters. The van der Waals surface area contributed by atoms with E-state index in [1.165, 1.54) is 11.3 Å². The number of thiophene rings is 1. The highest BCUT2D eigenvalue weighted by Gasteiger charge is 2.40. The Labute approximate surface area is 116 Å². The SMILES string of the molecule is CN1CCN(Cc2ccsc2C(=O)O)C(C)(C)C1=O. The monoisotopic (exact) mass is 282 g/mol. The highest BCUT2D eigenvalue weighted by Crippen LogP contribution is 2.26. The van der Waals surface area contributed by atoms with Crippen molar-refractivity contribution in [3.8, 4) is 0 Å². The normalized spacial score (nSPS) is 19.7. The number of piperazine rings is 1. The number of carboxylic acids is 1. The Kier molecular flexibility index (Phi) is 3.64. The van der Waals surface area contributed by atoms with Gasteiger partial charge in [-0.05, 0) is 30.9 Å². The second kappa shape index (κ2) is 4.94. The van der Waals surface area contributed by atoms with Crippen LogP contribution in [0.2, 0.25) is 0 Å². The first-order valence-electron chi connectivity index (χ1n) is 6.14. The standard InChI is InChI=1S/C13H18N2O3S/c1-13(2)12(18)14(3)5-6-15(13)8-9-4-7-19-10(9)11(16)17/h4,7H,5-6,8H2,1-3H3,(H,16,17). The molecule has 5 nitrogen and oxygen atoms in total. The number of nitrogens with zero attached hydrogens (tertiary/aromatic N) is 2. The lowest BCUT2D eigenvalue weighted by Crippen LogP contribution is -2.61. The number of hydrogen-bond donors (Lipinski definition) is 1. The molecule has 6 heteroatoms. The smallest absolute Gasteiger partial charge is 0.346 e. The van der Waals surface area contributed by atoms with E-state index in [1.807, 2.05) is 24.8 Å². The quantitative estimate of drug-likeness (QED) is 0.912. The van der Waals surface area contributed by atoms with E-state index in [2.05, 4.69) is 0 Å². The van der Waals surface area contributed by atoms with E-state index in [4.69, 9.17) is 5.11 Å². The van der Waals surface area contributed by atoms with Crippen LogP contribution in [0.4, 0.5) is 0 Å². The third kappa shape index (κ3) is 2.50. The number of hydrogen-bond acceptors (Lipinski definition) is 4. The molecule has 0 atom stereocenters. The van der Waals surface area contributed by atoms with Crippen LogP contribution in [0.25, 0.3) is 0 Å². The number of carboxylic acid groups (broad SMARTS) is 1. The highest BCUT2D eigenvalue weighted by atomic mass is 32.1. The van der Waals surface area contributed by atoms with Gasteiger partial charge >= 0.3 is 5.97 Å². The van der Waals surface area contributed by atoms with Crippen molar-refractivity contribution >= 4 is 23.2 Å². The maximum Gasteiger partial charge on any atom is 0.346 e. The molecule has 0 radical (unpaired) electrons. The van der Waals surface area contributed by atoms with E-state index in [-0.39, 0.29) is 5.91 Å². The third-order valence-electron chi connectivity index (χ3n) is 3.67. The van der Waals surface area contributed by atoms with Gasteiger partial charge in [0.05, 0.1) is 5.54 Å². The number of carbonyl (C=O) groups is 2. The number of aromatic carboxylic acids is 1. The molecule has 19 heavy (non-hydrogen) atoms. The van der Waals surface area contributed by atoms with E-state index >= 15 is 0 Å². The van der Waals surface area contributed by atoms with Crippen LogP contribution in [0.3, 0.4) is 0 Å². The molecule has 1 aromatic heterocycles. The Morgan fingerprint density at radius 3 is 2.79 bits per heavy atom. The maximum absolute atomic E-state index is 12.2. The third-order valence-corrected chi connectivity index (χ3v) is 4.61. The van der Waals surface area contributed by atoms with Crippen molar-refractivity contribution in [1.82, 2.24) is 9.80 Å². The van der Waals surface area contributed by atoms with Gasteiger partial charge in [0.2, 0.25) is 5.91 Å². The van der Waals surface area contributed by atoms with Gasteiger partial charge in [0.1, 0.15) is 4.88 Å². The molecule has 1 amide bonds. The summed E-state index contributed by atoms with van der Waals surface area (Å²) in [5.41, 5.74) is 0.188. The Morgan fingerprint density at radius 1 is 1.47 bits per heavy atom. The molecular weight excluding hydrogens is 264 g/mol. The zero-order valence-corrected chi connectivity index (χ0v) is 12.2.